The quantitative estimate of drug-likeness (QED) is 0.650. The number of esters is 1. The van der Waals surface area contributed by atoms with Crippen LogP contribution in [0.25, 0.3) is 0 Å². The Labute approximate surface area is 150 Å². The molecule has 1 saturated carbocycles. The third-order valence-electron chi connectivity index (χ3n) is 5.33. The Morgan fingerprint density at radius 2 is 1.84 bits per heavy atom. The van der Waals surface area contributed by atoms with Gasteiger partial charge in [0.1, 0.15) is 11.8 Å². The van der Waals surface area contributed by atoms with Crippen LogP contribution in [0.15, 0.2) is 42.6 Å². The maximum atomic E-state index is 12.3. The third-order valence-corrected chi connectivity index (χ3v) is 5.33. The second-order valence-corrected chi connectivity index (χ2v) is 7.72. The van der Waals surface area contributed by atoms with E-state index >= 15 is 0 Å². The second-order valence-electron chi connectivity index (χ2n) is 7.72. The molecular formula is C21H29NO3. The van der Waals surface area contributed by atoms with Gasteiger partial charge in [-0.2, -0.15) is 0 Å². The van der Waals surface area contributed by atoms with Crippen LogP contribution < -0.4 is 5.32 Å². The molecule has 0 aromatic heterocycles. The lowest BCUT2D eigenvalue weighted by Gasteiger charge is -2.44. The van der Waals surface area contributed by atoms with E-state index in [0.717, 1.165) is 19.3 Å². The molecule has 1 aliphatic carbocycles. The number of hydrogen-bond donors (Lipinski definition) is 1. The molecule has 0 radical (unpaired) electrons. The fourth-order valence-electron chi connectivity index (χ4n) is 3.84. The Hall–Kier alpha value is -2.10. The van der Waals surface area contributed by atoms with Gasteiger partial charge in [0.25, 0.3) is 0 Å². The van der Waals surface area contributed by atoms with Crippen LogP contribution >= 0.6 is 0 Å². The molecule has 136 valence electrons. The van der Waals surface area contributed by atoms with Crippen LogP contribution in [0.4, 0.5) is 0 Å². The highest BCUT2D eigenvalue weighted by atomic mass is 16.5. The van der Waals surface area contributed by atoms with Gasteiger partial charge in [0, 0.05) is 12.8 Å². The van der Waals surface area contributed by atoms with Crippen LogP contribution in [0.2, 0.25) is 0 Å². The van der Waals surface area contributed by atoms with Gasteiger partial charge in [-0.15, -0.1) is 0 Å². The van der Waals surface area contributed by atoms with E-state index in [1.807, 2.05) is 18.2 Å². The molecule has 1 N–H and O–H groups in total. The molecule has 1 amide bonds. The average molecular weight is 343 g/mol. The molecule has 0 unspecified atom stereocenters. The molecule has 0 saturated heterocycles. The minimum absolute atomic E-state index is 0.00185. The average Bonchev–Trinajstić information content (AvgIpc) is 2.54. The topological polar surface area (TPSA) is 55.4 Å². The maximum Gasteiger partial charge on any atom is 0.354 e. The lowest BCUT2D eigenvalue weighted by molar-refractivity contribution is -0.152. The smallest absolute Gasteiger partial charge is 0.354 e. The fraction of sp³-hybridized carbons (Fsp3) is 0.524. The summed E-state index contributed by atoms with van der Waals surface area (Å²) >= 11 is 0. The molecule has 1 fully saturated rings. The molecule has 3 atom stereocenters. The number of hydrogen-bond acceptors (Lipinski definition) is 3. The number of rotatable bonds is 5. The molecule has 0 spiro atoms. The summed E-state index contributed by atoms with van der Waals surface area (Å²) in [5, 5.41) is 2.42. The van der Waals surface area contributed by atoms with Crippen molar-refractivity contribution in [2.45, 2.75) is 58.5 Å². The van der Waals surface area contributed by atoms with E-state index in [4.69, 9.17) is 4.74 Å². The molecule has 0 bridgehead atoms. The van der Waals surface area contributed by atoms with Crippen LogP contribution in [-0.4, -0.2) is 18.0 Å². The van der Waals surface area contributed by atoms with E-state index in [9.17, 15) is 9.59 Å². The molecule has 2 rings (SSSR count). The highest BCUT2D eigenvalue weighted by molar-refractivity contribution is 5.92. The van der Waals surface area contributed by atoms with Crippen molar-refractivity contribution in [1.29, 1.82) is 0 Å². The summed E-state index contributed by atoms with van der Waals surface area (Å²) in [6.45, 7) is 11.6. The van der Waals surface area contributed by atoms with Crippen molar-refractivity contribution >= 4 is 11.9 Å². The summed E-state index contributed by atoms with van der Waals surface area (Å²) < 4.78 is 5.79. The summed E-state index contributed by atoms with van der Waals surface area (Å²) in [4.78, 5) is 23.5. The lowest BCUT2D eigenvalue weighted by Crippen LogP contribution is -2.44. The van der Waals surface area contributed by atoms with E-state index in [1.54, 1.807) is 0 Å². The number of carbonyl (C=O) groups excluding carboxylic acids is 2. The molecule has 4 nitrogen and oxygen atoms in total. The van der Waals surface area contributed by atoms with Gasteiger partial charge >= 0.3 is 5.97 Å². The summed E-state index contributed by atoms with van der Waals surface area (Å²) in [7, 11) is 0. The normalized spacial score (nSPS) is 23.6. The Kier molecular flexibility index (Phi) is 6.04. The van der Waals surface area contributed by atoms with E-state index in [-0.39, 0.29) is 29.0 Å². The monoisotopic (exact) mass is 343 g/mol. The van der Waals surface area contributed by atoms with Crippen molar-refractivity contribution in [1.82, 2.24) is 5.32 Å². The number of benzene rings is 1. The molecular weight excluding hydrogens is 314 g/mol. The van der Waals surface area contributed by atoms with Gasteiger partial charge in [0.15, 0.2) is 0 Å². The standard InChI is InChI=1S/C21H29NO3/c1-14-11-12-18(21(4,5)17-9-7-6-8-10-17)19(13-14)25-20(24)15(2)22-16(3)23/h6-10,14,18-19H,2,11-13H2,1,3-5H3,(H,22,23)/t14-,18-,19-/m0/s1. The summed E-state index contributed by atoms with van der Waals surface area (Å²) in [5.74, 6) is -0.127. The van der Waals surface area contributed by atoms with E-state index < -0.39 is 5.97 Å². The van der Waals surface area contributed by atoms with Crippen LogP contribution in [0.3, 0.4) is 0 Å². The second kappa shape index (κ2) is 7.85. The fourth-order valence-corrected chi connectivity index (χ4v) is 3.84. The van der Waals surface area contributed by atoms with Gasteiger partial charge in [0.2, 0.25) is 5.91 Å². The van der Waals surface area contributed by atoms with Crippen LogP contribution in [0.1, 0.15) is 52.5 Å². The van der Waals surface area contributed by atoms with Gasteiger partial charge in [-0.3, -0.25) is 4.79 Å². The third kappa shape index (κ3) is 4.71. The van der Waals surface area contributed by atoms with Crippen molar-refractivity contribution in [3.05, 3.63) is 48.2 Å². The van der Waals surface area contributed by atoms with Crippen molar-refractivity contribution < 1.29 is 14.3 Å². The zero-order valence-corrected chi connectivity index (χ0v) is 15.7. The van der Waals surface area contributed by atoms with Crippen molar-refractivity contribution in [2.24, 2.45) is 11.8 Å². The molecule has 0 aliphatic heterocycles. The van der Waals surface area contributed by atoms with E-state index in [1.165, 1.54) is 12.5 Å². The summed E-state index contributed by atoms with van der Waals surface area (Å²) in [6.07, 6.45) is 2.78. The summed E-state index contributed by atoms with van der Waals surface area (Å²) in [5.41, 5.74) is 1.14. The van der Waals surface area contributed by atoms with Gasteiger partial charge in [0.05, 0.1) is 0 Å². The van der Waals surface area contributed by atoms with E-state index in [2.05, 4.69) is 44.8 Å². The van der Waals surface area contributed by atoms with Gasteiger partial charge in [-0.25, -0.2) is 4.79 Å². The molecule has 4 heteroatoms. The van der Waals surface area contributed by atoms with Crippen molar-refractivity contribution in [3.63, 3.8) is 0 Å². The Balaban J connectivity index is 2.19. The number of nitrogens with one attached hydrogen (secondary N) is 1. The number of carbonyl (C=O) groups is 2. The first-order valence-electron chi connectivity index (χ1n) is 8.94. The number of ether oxygens (including phenoxy) is 1. The minimum atomic E-state index is -0.539. The first kappa shape index (κ1) is 19.2. The highest BCUT2D eigenvalue weighted by Crippen LogP contribution is 2.43. The first-order valence-corrected chi connectivity index (χ1v) is 8.94. The zero-order valence-electron chi connectivity index (χ0n) is 15.7. The predicted octanol–water partition coefficient (Wildman–Crippen LogP) is 3.96. The van der Waals surface area contributed by atoms with Crippen LogP contribution in [0.5, 0.6) is 0 Å². The number of amides is 1. The Morgan fingerprint density at radius 1 is 1.20 bits per heavy atom. The first-order chi connectivity index (χ1) is 11.7. The van der Waals surface area contributed by atoms with Gasteiger partial charge in [-0.1, -0.05) is 64.1 Å². The molecule has 25 heavy (non-hydrogen) atoms. The molecule has 1 aromatic carbocycles. The van der Waals surface area contributed by atoms with Crippen LogP contribution in [-0.2, 0) is 19.7 Å². The van der Waals surface area contributed by atoms with Crippen molar-refractivity contribution in [3.8, 4) is 0 Å². The lowest BCUT2D eigenvalue weighted by atomic mass is 9.64. The molecule has 1 aliphatic rings. The zero-order chi connectivity index (χ0) is 18.6. The van der Waals surface area contributed by atoms with Gasteiger partial charge in [-0.05, 0) is 29.7 Å². The van der Waals surface area contributed by atoms with Crippen molar-refractivity contribution in [2.75, 3.05) is 0 Å². The van der Waals surface area contributed by atoms with Gasteiger partial charge < -0.3 is 10.1 Å². The maximum absolute atomic E-state index is 12.3. The SMILES string of the molecule is C=C(NC(C)=O)C(=O)O[C@H]1C[C@@H](C)CC[C@@H]1C(C)(C)c1ccccc1. The summed E-state index contributed by atoms with van der Waals surface area (Å²) in [6, 6.07) is 10.4. The Bertz CT molecular complexity index is 636. The largest absolute Gasteiger partial charge is 0.457 e. The van der Waals surface area contributed by atoms with E-state index in [0.29, 0.717) is 5.92 Å². The molecule has 1 aromatic rings. The predicted molar refractivity (Wildman–Crippen MR) is 98.8 cm³/mol. The Morgan fingerprint density at radius 3 is 2.44 bits per heavy atom. The highest BCUT2D eigenvalue weighted by Gasteiger charge is 2.42. The molecule has 0 heterocycles. The van der Waals surface area contributed by atoms with Crippen LogP contribution in [0, 0.1) is 11.8 Å². The minimum Gasteiger partial charge on any atom is -0.457 e.